The lowest BCUT2D eigenvalue weighted by Crippen LogP contribution is -2.41. The largest absolute Gasteiger partial charge is 0.504 e. The van der Waals surface area contributed by atoms with Crippen LogP contribution in [0, 0.1) is 3.57 Å². The van der Waals surface area contributed by atoms with Crippen molar-refractivity contribution in [3.8, 4) is 11.5 Å². The molecule has 0 aromatic heterocycles. The van der Waals surface area contributed by atoms with Gasteiger partial charge in [0, 0.05) is 13.2 Å². The molecule has 1 unspecified atom stereocenters. The summed E-state index contributed by atoms with van der Waals surface area (Å²) in [5, 5.41) is 16.0. The van der Waals surface area contributed by atoms with Crippen molar-refractivity contribution >= 4 is 40.6 Å². The highest BCUT2D eigenvalue weighted by Gasteiger charge is 2.19. The van der Waals surface area contributed by atoms with Crippen molar-refractivity contribution in [1.29, 1.82) is 0 Å². The molecule has 130 valence electrons. The zero-order valence-electron chi connectivity index (χ0n) is 13.0. The van der Waals surface area contributed by atoms with Crippen molar-refractivity contribution in [1.82, 2.24) is 10.7 Å². The van der Waals surface area contributed by atoms with Gasteiger partial charge in [-0.05, 0) is 53.1 Å². The van der Waals surface area contributed by atoms with Crippen LogP contribution in [0.25, 0.3) is 0 Å². The Kier molecular flexibility index (Phi) is 6.79. The van der Waals surface area contributed by atoms with E-state index in [0.29, 0.717) is 28.0 Å². The Bertz CT molecular complexity index is 644. The smallest absolute Gasteiger partial charge is 0.329 e. The topological polar surface area (TPSA) is 109 Å². The lowest BCUT2D eigenvalue weighted by molar-refractivity contribution is -0.139. The summed E-state index contributed by atoms with van der Waals surface area (Å²) in [6.07, 6.45) is 3.17. The molecule has 1 aromatic rings. The van der Waals surface area contributed by atoms with Crippen LogP contribution < -0.4 is 15.5 Å². The summed E-state index contributed by atoms with van der Waals surface area (Å²) in [6, 6.07) is 3.22. The molecule has 1 atom stereocenters. The molecule has 1 aromatic carbocycles. The maximum atomic E-state index is 11.6. The van der Waals surface area contributed by atoms with Gasteiger partial charge in [-0.15, -0.1) is 0 Å². The molecular formula is C15H18IN3O5. The number of hydrazone groups is 1. The third kappa shape index (κ3) is 5.06. The molecule has 0 spiro atoms. The number of hydrogen-bond acceptors (Lipinski definition) is 6. The van der Waals surface area contributed by atoms with Crippen molar-refractivity contribution < 1.29 is 24.2 Å². The monoisotopic (exact) mass is 447 g/mol. The van der Waals surface area contributed by atoms with E-state index in [9.17, 15) is 14.7 Å². The first kappa shape index (κ1) is 18.5. The fourth-order valence-electron chi connectivity index (χ4n) is 2.13. The summed E-state index contributed by atoms with van der Waals surface area (Å²) < 4.78 is 11.0. The Labute approximate surface area is 152 Å². The first-order valence-corrected chi connectivity index (χ1v) is 8.38. The minimum Gasteiger partial charge on any atom is -0.504 e. The Morgan fingerprint density at radius 1 is 1.50 bits per heavy atom. The molecule has 1 aliphatic rings. The molecule has 0 aliphatic carbocycles. The predicted molar refractivity (Wildman–Crippen MR) is 95.1 cm³/mol. The highest BCUT2D eigenvalue weighted by molar-refractivity contribution is 14.1. The van der Waals surface area contributed by atoms with Gasteiger partial charge in [-0.1, -0.05) is 0 Å². The van der Waals surface area contributed by atoms with Gasteiger partial charge in [-0.25, -0.2) is 5.43 Å². The van der Waals surface area contributed by atoms with E-state index >= 15 is 0 Å². The molecule has 1 fully saturated rings. The third-order valence-electron chi connectivity index (χ3n) is 3.37. The van der Waals surface area contributed by atoms with Crippen LogP contribution in [0.3, 0.4) is 0 Å². The fraction of sp³-hybridized carbons (Fsp3) is 0.400. The van der Waals surface area contributed by atoms with Crippen LogP contribution in [0.4, 0.5) is 0 Å². The van der Waals surface area contributed by atoms with Crippen molar-refractivity contribution in [2.24, 2.45) is 5.10 Å². The Balaban J connectivity index is 1.85. The first-order chi connectivity index (χ1) is 11.5. The summed E-state index contributed by atoms with van der Waals surface area (Å²) in [7, 11) is 1.44. The second kappa shape index (κ2) is 8.83. The van der Waals surface area contributed by atoms with Gasteiger partial charge in [0.1, 0.15) is 0 Å². The van der Waals surface area contributed by atoms with Crippen LogP contribution in [-0.2, 0) is 14.3 Å². The number of amides is 2. The highest BCUT2D eigenvalue weighted by atomic mass is 127. The molecule has 1 saturated heterocycles. The number of phenols is 1. The number of aromatic hydroxyl groups is 1. The van der Waals surface area contributed by atoms with E-state index in [0.717, 1.165) is 12.8 Å². The second-order valence-corrected chi connectivity index (χ2v) is 6.26. The number of rotatable bonds is 5. The third-order valence-corrected chi connectivity index (χ3v) is 4.19. The van der Waals surface area contributed by atoms with Crippen molar-refractivity contribution in [3.05, 3.63) is 21.3 Å². The minimum atomic E-state index is -0.857. The van der Waals surface area contributed by atoms with Gasteiger partial charge < -0.3 is 19.9 Å². The van der Waals surface area contributed by atoms with Crippen LogP contribution in [0.1, 0.15) is 18.4 Å². The van der Waals surface area contributed by atoms with E-state index in [1.165, 1.54) is 13.3 Å². The number of nitrogens with one attached hydrogen (secondary N) is 2. The average Bonchev–Trinajstić information content (AvgIpc) is 3.09. The summed E-state index contributed by atoms with van der Waals surface area (Å²) in [5.74, 6) is -1.29. The molecule has 2 amide bonds. The molecule has 24 heavy (non-hydrogen) atoms. The molecule has 1 aliphatic heterocycles. The molecule has 3 N–H and O–H groups in total. The second-order valence-electron chi connectivity index (χ2n) is 5.10. The van der Waals surface area contributed by atoms with Gasteiger partial charge in [0.05, 0.1) is 23.0 Å². The molecule has 1 heterocycles. The number of carbonyl (C=O) groups excluding carboxylic acids is 2. The van der Waals surface area contributed by atoms with Crippen molar-refractivity contribution in [2.75, 3.05) is 20.3 Å². The normalized spacial score (nSPS) is 17.0. The number of hydrogen-bond donors (Lipinski definition) is 3. The number of nitrogens with zero attached hydrogens (tertiary/aromatic N) is 1. The Morgan fingerprint density at radius 3 is 2.96 bits per heavy atom. The summed E-state index contributed by atoms with van der Waals surface area (Å²) in [6.45, 7) is 0.995. The number of phenolic OH excluding ortho intramolecular Hbond substituents is 1. The maximum Gasteiger partial charge on any atom is 0.329 e. The van der Waals surface area contributed by atoms with E-state index in [-0.39, 0.29) is 11.9 Å². The summed E-state index contributed by atoms with van der Waals surface area (Å²) >= 11 is 1.95. The number of ether oxygens (including phenoxy) is 2. The zero-order valence-corrected chi connectivity index (χ0v) is 15.2. The first-order valence-electron chi connectivity index (χ1n) is 7.30. The van der Waals surface area contributed by atoms with Crippen LogP contribution in [0.5, 0.6) is 11.5 Å². The molecule has 2 rings (SSSR count). The molecule has 0 saturated carbocycles. The molecule has 8 nitrogen and oxygen atoms in total. The van der Waals surface area contributed by atoms with Crippen LogP contribution in [0.15, 0.2) is 17.2 Å². The molecule has 9 heteroatoms. The Morgan fingerprint density at radius 2 is 2.29 bits per heavy atom. The lowest BCUT2D eigenvalue weighted by Gasteiger charge is -2.09. The van der Waals surface area contributed by atoms with Crippen LogP contribution in [-0.4, -0.2) is 49.5 Å². The van der Waals surface area contributed by atoms with E-state index in [1.54, 1.807) is 12.1 Å². The summed E-state index contributed by atoms with van der Waals surface area (Å²) in [5.41, 5.74) is 2.76. The van der Waals surface area contributed by atoms with Gasteiger partial charge in [-0.2, -0.15) is 5.10 Å². The van der Waals surface area contributed by atoms with Crippen LogP contribution >= 0.6 is 22.6 Å². The van der Waals surface area contributed by atoms with Gasteiger partial charge in [0.2, 0.25) is 0 Å². The molecule has 0 bridgehead atoms. The summed E-state index contributed by atoms with van der Waals surface area (Å²) in [4.78, 5) is 23.3. The minimum absolute atomic E-state index is 0.0308. The fourth-order valence-corrected chi connectivity index (χ4v) is 2.76. The maximum absolute atomic E-state index is 11.6. The number of benzene rings is 1. The number of carbonyl (C=O) groups is 2. The predicted octanol–water partition coefficient (Wildman–Crippen LogP) is 0.751. The quantitative estimate of drug-likeness (QED) is 0.267. The van der Waals surface area contributed by atoms with Gasteiger partial charge >= 0.3 is 11.8 Å². The van der Waals surface area contributed by atoms with Gasteiger partial charge in [0.25, 0.3) is 0 Å². The molecule has 0 radical (unpaired) electrons. The zero-order chi connectivity index (χ0) is 17.5. The number of methoxy groups -OCH3 is 1. The van der Waals surface area contributed by atoms with E-state index in [4.69, 9.17) is 9.47 Å². The van der Waals surface area contributed by atoms with Gasteiger partial charge in [0.15, 0.2) is 11.5 Å². The molecular weight excluding hydrogens is 429 g/mol. The highest BCUT2D eigenvalue weighted by Crippen LogP contribution is 2.31. The van der Waals surface area contributed by atoms with Crippen molar-refractivity contribution in [2.45, 2.75) is 18.9 Å². The van der Waals surface area contributed by atoms with E-state index in [2.05, 4.69) is 15.8 Å². The van der Waals surface area contributed by atoms with Crippen LogP contribution in [0.2, 0.25) is 0 Å². The number of halogens is 1. The Hall–Kier alpha value is -1.88. The standard InChI is InChI=1S/C15H18IN3O5/c1-23-12-6-9(5-11(16)13(12)20)7-18-19-15(22)14(21)17-8-10-3-2-4-24-10/h5-7,10,20H,2-4,8H2,1H3,(H,17,21)(H,19,22). The van der Waals surface area contributed by atoms with E-state index in [1.807, 2.05) is 22.6 Å². The SMILES string of the molecule is COc1cc(C=NNC(=O)C(=O)NCC2CCCO2)cc(I)c1O. The average molecular weight is 447 g/mol. The van der Waals surface area contributed by atoms with Crippen molar-refractivity contribution in [3.63, 3.8) is 0 Å². The van der Waals surface area contributed by atoms with Gasteiger partial charge in [-0.3, -0.25) is 9.59 Å². The lowest BCUT2D eigenvalue weighted by atomic mass is 10.2. The van der Waals surface area contributed by atoms with E-state index < -0.39 is 11.8 Å².